The zero-order valence-corrected chi connectivity index (χ0v) is 11.3. The predicted octanol–water partition coefficient (Wildman–Crippen LogP) is 3.99. The van der Waals surface area contributed by atoms with E-state index in [9.17, 15) is 13.6 Å². The summed E-state index contributed by atoms with van der Waals surface area (Å²) in [6, 6.07) is 4.45. The third-order valence-corrected chi connectivity index (χ3v) is 2.78. The summed E-state index contributed by atoms with van der Waals surface area (Å²) in [5.74, 6) is -0.423. The fourth-order valence-corrected chi connectivity index (χ4v) is 1.81. The Labute approximate surface area is 111 Å². The highest BCUT2D eigenvalue weighted by Gasteiger charge is 2.22. The van der Waals surface area contributed by atoms with Crippen molar-refractivity contribution in [1.82, 2.24) is 0 Å². The van der Waals surface area contributed by atoms with Gasteiger partial charge in [-0.2, -0.15) is 8.78 Å². The van der Waals surface area contributed by atoms with Crippen LogP contribution in [0.5, 0.6) is 5.75 Å². The van der Waals surface area contributed by atoms with Gasteiger partial charge in [0, 0.05) is 5.88 Å². The van der Waals surface area contributed by atoms with Gasteiger partial charge in [-0.3, -0.25) is 4.79 Å². The molecule has 0 bridgehead atoms. The van der Waals surface area contributed by atoms with Gasteiger partial charge in [0.15, 0.2) is 5.78 Å². The second kappa shape index (κ2) is 6.31. The van der Waals surface area contributed by atoms with E-state index in [0.29, 0.717) is 5.56 Å². The van der Waals surface area contributed by atoms with Crippen LogP contribution < -0.4 is 4.74 Å². The Bertz CT molecular complexity index is 410. The maximum atomic E-state index is 12.2. The van der Waals surface area contributed by atoms with Gasteiger partial charge in [-0.1, -0.05) is 28.1 Å². The SMILES string of the molecule is CC(Br)C(=O)c1c(CCl)cccc1OC(F)F. The van der Waals surface area contributed by atoms with E-state index in [1.165, 1.54) is 12.1 Å². The molecule has 0 N–H and O–H groups in total. The van der Waals surface area contributed by atoms with Crippen LogP contribution in [0.1, 0.15) is 22.8 Å². The van der Waals surface area contributed by atoms with E-state index in [-0.39, 0.29) is 23.0 Å². The summed E-state index contributed by atoms with van der Waals surface area (Å²) in [4.78, 5) is 11.4. The standard InChI is InChI=1S/C11H10BrClF2O2/c1-6(12)10(16)9-7(5-13)3-2-4-8(9)17-11(14)15/h2-4,6,11H,5H2,1H3. The first-order chi connectivity index (χ1) is 7.97. The molecule has 0 heterocycles. The minimum Gasteiger partial charge on any atom is -0.434 e. The molecule has 0 spiro atoms. The molecule has 1 aromatic carbocycles. The Kier molecular flexibility index (Phi) is 5.33. The maximum absolute atomic E-state index is 12.2. The molecule has 0 saturated carbocycles. The van der Waals surface area contributed by atoms with E-state index in [2.05, 4.69) is 20.7 Å². The van der Waals surface area contributed by atoms with Crippen LogP contribution in [-0.4, -0.2) is 17.2 Å². The van der Waals surface area contributed by atoms with Crippen LogP contribution in [0.4, 0.5) is 8.78 Å². The van der Waals surface area contributed by atoms with Gasteiger partial charge in [0.25, 0.3) is 0 Å². The molecule has 0 aliphatic heterocycles. The number of halogens is 4. The van der Waals surface area contributed by atoms with Crippen molar-refractivity contribution >= 4 is 33.3 Å². The fraction of sp³-hybridized carbons (Fsp3) is 0.364. The molecule has 0 aliphatic carbocycles. The van der Waals surface area contributed by atoms with Crippen LogP contribution >= 0.6 is 27.5 Å². The predicted molar refractivity (Wildman–Crippen MR) is 65.4 cm³/mol. The van der Waals surface area contributed by atoms with Crippen molar-refractivity contribution in [1.29, 1.82) is 0 Å². The number of carbonyl (C=O) groups excluding carboxylic acids is 1. The van der Waals surface area contributed by atoms with Crippen LogP contribution in [-0.2, 0) is 5.88 Å². The lowest BCUT2D eigenvalue weighted by Gasteiger charge is -2.14. The molecule has 1 aromatic rings. The summed E-state index contributed by atoms with van der Waals surface area (Å²) in [6.07, 6.45) is 0. The van der Waals surface area contributed by atoms with Gasteiger partial charge in [-0.25, -0.2) is 0 Å². The van der Waals surface area contributed by atoms with Crippen molar-refractivity contribution in [3.8, 4) is 5.75 Å². The van der Waals surface area contributed by atoms with E-state index < -0.39 is 11.4 Å². The van der Waals surface area contributed by atoms with Crippen LogP contribution in [0.3, 0.4) is 0 Å². The van der Waals surface area contributed by atoms with Crippen LogP contribution in [0.2, 0.25) is 0 Å². The first-order valence-corrected chi connectivity index (χ1v) is 6.23. The number of benzene rings is 1. The fourth-order valence-electron chi connectivity index (χ4n) is 1.36. The van der Waals surface area contributed by atoms with Gasteiger partial charge in [-0.05, 0) is 18.6 Å². The third kappa shape index (κ3) is 3.64. The van der Waals surface area contributed by atoms with Gasteiger partial charge in [-0.15, -0.1) is 11.6 Å². The molecule has 2 nitrogen and oxygen atoms in total. The van der Waals surface area contributed by atoms with Crippen molar-refractivity contribution in [3.63, 3.8) is 0 Å². The molecule has 0 amide bonds. The zero-order chi connectivity index (χ0) is 13.0. The van der Waals surface area contributed by atoms with E-state index in [0.717, 1.165) is 0 Å². The molecule has 1 atom stereocenters. The molecule has 0 radical (unpaired) electrons. The lowest BCUT2D eigenvalue weighted by atomic mass is 10.0. The second-order valence-corrected chi connectivity index (χ2v) is 4.92. The van der Waals surface area contributed by atoms with E-state index >= 15 is 0 Å². The van der Waals surface area contributed by atoms with Gasteiger partial charge < -0.3 is 4.74 Å². The minimum atomic E-state index is -2.97. The van der Waals surface area contributed by atoms with Crippen molar-refractivity contribution in [2.45, 2.75) is 24.2 Å². The van der Waals surface area contributed by atoms with Crippen molar-refractivity contribution in [3.05, 3.63) is 29.3 Å². The molecule has 0 saturated heterocycles. The first-order valence-electron chi connectivity index (χ1n) is 4.78. The molecular weight excluding hydrogens is 317 g/mol. The Morgan fingerprint density at radius 1 is 1.53 bits per heavy atom. The Morgan fingerprint density at radius 3 is 2.65 bits per heavy atom. The Morgan fingerprint density at radius 2 is 2.18 bits per heavy atom. The lowest BCUT2D eigenvalue weighted by molar-refractivity contribution is -0.0501. The van der Waals surface area contributed by atoms with Gasteiger partial charge in [0.1, 0.15) is 5.75 Å². The van der Waals surface area contributed by atoms with Crippen LogP contribution in [0, 0.1) is 0 Å². The summed E-state index contributed by atoms with van der Waals surface area (Å²) >= 11 is 8.78. The summed E-state index contributed by atoms with van der Waals surface area (Å²) < 4.78 is 28.8. The topological polar surface area (TPSA) is 26.3 Å². The number of carbonyl (C=O) groups is 1. The van der Waals surface area contributed by atoms with Gasteiger partial charge in [0.05, 0.1) is 10.4 Å². The maximum Gasteiger partial charge on any atom is 0.387 e. The number of ether oxygens (including phenoxy) is 1. The molecule has 94 valence electrons. The van der Waals surface area contributed by atoms with Gasteiger partial charge >= 0.3 is 6.61 Å². The molecule has 6 heteroatoms. The third-order valence-electron chi connectivity index (χ3n) is 2.08. The number of hydrogen-bond acceptors (Lipinski definition) is 2. The second-order valence-electron chi connectivity index (χ2n) is 3.28. The molecule has 0 aliphatic rings. The van der Waals surface area contributed by atoms with E-state index in [4.69, 9.17) is 11.6 Å². The summed E-state index contributed by atoms with van der Waals surface area (Å²) in [5, 5.41) is 0. The monoisotopic (exact) mass is 326 g/mol. The van der Waals surface area contributed by atoms with Crippen LogP contribution in [0.15, 0.2) is 18.2 Å². The first kappa shape index (κ1) is 14.4. The summed E-state index contributed by atoms with van der Waals surface area (Å²) in [7, 11) is 0. The highest BCUT2D eigenvalue weighted by atomic mass is 79.9. The number of Topliss-reactive ketones (excluding diaryl/α,β-unsaturated/α-hetero) is 1. The lowest BCUT2D eigenvalue weighted by Crippen LogP contribution is -2.15. The number of rotatable bonds is 5. The van der Waals surface area contributed by atoms with Crippen molar-refractivity contribution in [2.24, 2.45) is 0 Å². The molecule has 0 fully saturated rings. The zero-order valence-electron chi connectivity index (χ0n) is 8.92. The molecule has 1 rings (SSSR count). The van der Waals surface area contributed by atoms with Crippen LogP contribution in [0.25, 0.3) is 0 Å². The molecule has 1 unspecified atom stereocenters. The highest BCUT2D eigenvalue weighted by Crippen LogP contribution is 2.28. The van der Waals surface area contributed by atoms with Gasteiger partial charge in [0.2, 0.25) is 0 Å². The quantitative estimate of drug-likeness (QED) is 0.604. The van der Waals surface area contributed by atoms with E-state index in [1.807, 2.05) is 0 Å². The number of hydrogen-bond donors (Lipinski definition) is 0. The molecular formula is C11H10BrClF2O2. The van der Waals surface area contributed by atoms with Crippen molar-refractivity contribution in [2.75, 3.05) is 0 Å². The average Bonchev–Trinajstić information content (AvgIpc) is 2.26. The summed E-state index contributed by atoms with van der Waals surface area (Å²) in [5.41, 5.74) is 0.577. The number of ketones is 1. The average molecular weight is 328 g/mol. The smallest absolute Gasteiger partial charge is 0.387 e. The Hall–Kier alpha value is -0.680. The highest BCUT2D eigenvalue weighted by molar-refractivity contribution is 9.10. The van der Waals surface area contributed by atoms with E-state index in [1.54, 1.807) is 13.0 Å². The minimum absolute atomic E-state index is 0.0568. The summed E-state index contributed by atoms with van der Waals surface area (Å²) in [6.45, 7) is -1.36. The largest absolute Gasteiger partial charge is 0.434 e. The Balaban J connectivity index is 3.25. The number of alkyl halides is 4. The normalized spacial score (nSPS) is 12.6. The van der Waals surface area contributed by atoms with Crippen molar-refractivity contribution < 1.29 is 18.3 Å². The molecule has 0 aromatic heterocycles. The molecule has 17 heavy (non-hydrogen) atoms.